The molecule has 1 N–H and O–H groups in total. The molecule has 2 unspecified atom stereocenters. The van der Waals surface area contributed by atoms with Gasteiger partial charge in [0.2, 0.25) is 5.88 Å². The number of allylic oxidation sites excluding steroid dienone is 3. The molecule has 0 fully saturated rings. The summed E-state index contributed by atoms with van der Waals surface area (Å²) in [7, 11) is 0. The second kappa shape index (κ2) is 8.49. The molecule has 1 amide bonds. The van der Waals surface area contributed by atoms with Gasteiger partial charge in [-0.3, -0.25) is 4.79 Å². The SMILES string of the molecule is CCC(Oc1ncc(Cl)cc1Cl)C(=O)NCC1C=CC(F)=C[C@@H]1C. The fraction of sp³-hybridized carbons (Fsp3) is 0.412. The Hall–Kier alpha value is -1.59. The molecular weight excluding hydrogens is 354 g/mol. The van der Waals surface area contributed by atoms with Crippen LogP contribution in [0.2, 0.25) is 10.0 Å². The first-order chi connectivity index (χ1) is 11.4. The molecule has 4 nitrogen and oxygen atoms in total. The molecular formula is C17H19Cl2FN2O2. The Labute approximate surface area is 150 Å². The van der Waals surface area contributed by atoms with Crippen LogP contribution in [0.25, 0.3) is 0 Å². The summed E-state index contributed by atoms with van der Waals surface area (Å²) in [6.07, 6.45) is 5.87. The predicted molar refractivity (Wildman–Crippen MR) is 93.0 cm³/mol. The van der Waals surface area contributed by atoms with Gasteiger partial charge in [0.25, 0.3) is 5.91 Å². The van der Waals surface area contributed by atoms with Gasteiger partial charge in [0.05, 0.1) is 5.02 Å². The first kappa shape index (κ1) is 18.7. The van der Waals surface area contributed by atoms with Gasteiger partial charge in [-0.15, -0.1) is 0 Å². The predicted octanol–water partition coefficient (Wildman–Crippen LogP) is 4.34. The zero-order chi connectivity index (χ0) is 17.7. The highest BCUT2D eigenvalue weighted by Crippen LogP contribution is 2.26. The normalized spacial score (nSPS) is 21.1. The van der Waals surface area contributed by atoms with Gasteiger partial charge < -0.3 is 10.1 Å². The van der Waals surface area contributed by atoms with Crippen molar-refractivity contribution in [2.45, 2.75) is 26.4 Å². The van der Waals surface area contributed by atoms with Crippen molar-refractivity contribution in [1.82, 2.24) is 10.3 Å². The van der Waals surface area contributed by atoms with Gasteiger partial charge in [-0.2, -0.15) is 0 Å². The van der Waals surface area contributed by atoms with E-state index in [9.17, 15) is 9.18 Å². The van der Waals surface area contributed by atoms with Crippen molar-refractivity contribution < 1.29 is 13.9 Å². The van der Waals surface area contributed by atoms with E-state index in [1.165, 1.54) is 18.3 Å². The molecule has 1 aliphatic carbocycles. The maximum Gasteiger partial charge on any atom is 0.261 e. The number of ether oxygens (including phenoxy) is 1. The Morgan fingerprint density at radius 3 is 2.88 bits per heavy atom. The Bertz CT molecular complexity index is 664. The topological polar surface area (TPSA) is 51.2 Å². The quantitative estimate of drug-likeness (QED) is 0.807. The average Bonchev–Trinajstić information content (AvgIpc) is 2.53. The molecule has 130 valence electrons. The molecule has 1 aromatic rings. The Morgan fingerprint density at radius 2 is 2.25 bits per heavy atom. The lowest BCUT2D eigenvalue weighted by Crippen LogP contribution is -2.41. The van der Waals surface area contributed by atoms with Crippen molar-refractivity contribution in [3.05, 3.63) is 46.4 Å². The van der Waals surface area contributed by atoms with Crippen LogP contribution in [0, 0.1) is 11.8 Å². The maximum atomic E-state index is 13.1. The van der Waals surface area contributed by atoms with Crippen LogP contribution < -0.4 is 10.1 Å². The molecule has 3 atom stereocenters. The molecule has 7 heteroatoms. The van der Waals surface area contributed by atoms with E-state index in [0.717, 1.165) is 0 Å². The van der Waals surface area contributed by atoms with Crippen LogP contribution in [0.5, 0.6) is 5.88 Å². The second-order valence-corrected chi connectivity index (χ2v) is 6.48. The van der Waals surface area contributed by atoms with Crippen molar-refractivity contribution in [3.63, 3.8) is 0 Å². The summed E-state index contributed by atoms with van der Waals surface area (Å²) in [5.41, 5.74) is 0. The molecule has 2 rings (SSSR count). The fourth-order valence-corrected chi connectivity index (χ4v) is 2.78. The number of nitrogens with one attached hydrogen (secondary N) is 1. The summed E-state index contributed by atoms with van der Waals surface area (Å²) < 4.78 is 18.7. The number of halogens is 3. The zero-order valence-electron chi connectivity index (χ0n) is 13.4. The summed E-state index contributed by atoms with van der Waals surface area (Å²) in [5, 5.41) is 3.48. The first-order valence-corrected chi connectivity index (χ1v) is 8.47. The van der Waals surface area contributed by atoms with Gasteiger partial charge in [0.15, 0.2) is 6.10 Å². The lowest BCUT2D eigenvalue weighted by Gasteiger charge is -2.23. The second-order valence-electron chi connectivity index (χ2n) is 5.63. The van der Waals surface area contributed by atoms with Gasteiger partial charge in [0, 0.05) is 18.7 Å². The van der Waals surface area contributed by atoms with Gasteiger partial charge in [-0.25, -0.2) is 9.37 Å². The van der Waals surface area contributed by atoms with E-state index >= 15 is 0 Å². The third-order valence-corrected chi connectivity index (χ3v) is 4.28. The highest BCUT2D eigenvalue weighted by Gasteiger charge is 2.23. The van der Waals surface area contributed by atoms with Crippen LogP contribution in [0.15, 0.2) is 36.3 Å². The number of nitrogens with zero attached hydrogens (tertiary/aromatic N) is 1. The number of aromatic nitrogens is 1. The lowest BCUT2D eigenvalue weighted by molar-refractivity contribution is -0.128. The van der Waals surface area contributed by atoms with Crippen molar-refractivity contribution in [2.24, 2.45) is 11.8 Å². The van der Waals surface area contributed by atoms with Crippen LogP contribution in [0.3, 0.4) is 0 Å². The number of amides is 1. The number of rotatable bonds is 6. The van der Waals surface area contributed by atoms with Crippen LogP contribution in [-0.2, 0) is 4.79 Å². The summed E-state index contributed by atoms with van der Waals surface area (Å²) in [6, 6.07) is 1.51. The molecule has 0 saturated heterocycles. The Balaban J connectivity index is 1.93. The number of hydrogen-bond acceptors (Lipinski definition) is 3. The average molecular weight is 373 g/mol. The molecule has 1 aliphatic rings. The number of hydrogen-bond donors (Lipinski definition) is 1. The minimum absolute atomic E-state index is 0.0173. The number of carbonyl (C=O) groups excluding carboxylic acids is 1. The summed E-state index contributed by atoms with van der Waals surface area (Å²) >= 11 is 11.8. The van der Waals surface area contributed by atoms with Crippen molar-refractivity contribution in [1.29, 1.82) is 0 Å². The smallest absolute Gasteiger partial charge is 0.261 e. The number of pyridine rings is 1. The maximum absolute atomic E-state index is 13.1. The third-order valence-electron chi connectivity index (χ3n) is 3.80. The van der Waals surface area contributed by atoms with Crippen molar-refractivity contribution in [2.75, 3.05) is 6.54 Å². The summed E-state index contributed by atoms with van der Waals surface area (Å²) in [6.45, 7) is 4.14. The van der Waals surface area contributed by atoms with Gasteiger partial charge >= 0.3 is 0 Å². The molecule has 1 aromatic heterocycles. The van der Waals surface area contributed by atoms with E-state index in [0.29, 0.717) is 18.0 Å². The minimum atomic E-state index is -0.716. The molecule has 0 spiro atoms. The molecule has 1 heterocycles. The summed E-state index contributed by atoms with van der Waals surface area (Å²) in [5.74, 6) is -0.282. The van der Waals surface area contributed by atoms with E-state index in [1.807, 2.05) is 13.8 Å². The van der Waals surface area contributed by atoms with Crippen molar-refractivity contribution >= 4 is 29.1 Å². The lowest BCUT2D eigenvalue weighted by atomic mass is 9.89. The van der Waals surface area contributed by atoms with E-state index in [1.54, 1.807) is 12.2 Å². The monoisotopic (exact) mass is 372 g/mol. The molecule has 0 aromatic carbocycles. The highest BCUT2D eigenvalue weighted by atomic mass is 35.5. The highest BCUT2D eigenvalue weighted by molar-refractivity contribution is 6.35. The molecule has 0 saturated carbocycles. The van der Waals surface area contributed by atoms with Crippen LogP contribution in [0.1, 0.15) is 20.3 Å². The van der Waals surface area contributed by atoms with Gasteiger partial charge in [0.1, 0.15) is 10.8 Å². The third kappa shape index (κ3) is 4.95. The fourth-order valence-electron chi connectivity index (χ4n) is 2.35. The van der Waals surface area contributed by atoms with E-state index in [2.05, 4.69) is 10.3 Å². The largest absolute Gasteiger partial charge is 0.463 e. The van der Waals surface area contributed by atoms with E-state index < -0.39 is 6.10 Å². The molecule has 0 radical (unpaired) electrons. The standard InChI is InChI=1S/C17H19Cl2FN2O2/c1-3-15(24-17-14(19)7-12(18)9-22-17)16(23)21-8-11-4-5-13(20)6-10(11)2/h4-7,9-11,15H,3,8H2,1-2H3,(H,21,23)/t10-,11?,15?/m0/s1. The molecule has 0 aliphatic heterocycles. The van der Waals surface area contributed by atoms with Crippen LogP contribution in [0.4, 0.5) is 4.39 Å². The first-order valence-electron chi connectivity index (χ1n) is 7.71. The van der Waals surface area contributed by atoms with Gasteiger partial charge in [-0.1, -0.05) is 43.1 Å². The van der Waals surface area contributed by atoms with Gasteiger partial charge in [-0.05, 0) is 30.6 Å². The molecule has 0 bridgehead atoms. The Kier molecular flexibility index (Phi) is 6.63. The van der Waals surface area contributed by atoms with E-state index in [4.69, 9.17) is 27.9 Å². The van der Waals surface area contributed by atoms with Crippen molar-refractivity contribution in [3.8, 4) is 5.88 Å². The summed E-state index contributed by atoms with van der Waals surface area (Å²) in [4.78, 5) is 16.3. The van der Waals surface area contributed by atoms with E-state index in [-0.39, 0.29) is 34.5 Å². The van der Waals surface area contributed by atoms with Crippen LogP contribution in [-0.4, -0.2) is 23.5 Å². The number of carbonyl (C=O) groups is 1. The van der Waals surface area contributed by atoms with Crippen LogP contribution >= 0.6 is 23.2 Å². The molecule has 24 heavy (non-hydrogen) atoms. The zero-order valence-corrected chi connectivity index (χ0v) is 14.9. The minimum Gasteiger partial charge on any atom is -0.463 e. The Morgan fingerprint density at radius 1 is 1.50 bits per heavy atom.